The highest BCUT2D eigenvalue weighted by Gasteiger charge is 2.13. The van der Waals surface area contributed by atoms with Crippen molar-refractivity contribution in [1.82, 2.24) is 5.43 Å². The van der Waals surface area contributed by atoms with E-state index in [2.05, 4.69) is 15.8 Å². The largest absolute Gasteiger partial charge is 0.423 e. The number of benzene rings is 3. The number of halogens is 2. The van der Waals surface area contributed by atoms with Crippen molar-refractivity contribution in [1.29, 1.82) is 0 Å². The summed E-state index contributed by atoms with van der Waals surface area (Å²) in [5, 5.41) is 6.53. The van der Waals surface area contributed by atoms with Crippen molar-refractivity contribution in [2.24, 2.45) is 5.10 Å². The van der Waals surface area contributed by atoms with Crippen LogP contribution in [0.25, 0.3) is 0 Å². The lowest BCUT2D eigenvalue weighted by Gasteiger charge is -2.05. The van der Waals surface area contributed by atoms with Crippen molar-refractivity contribution >= 4 is 41.3 Å². The SMILES string of the molecule is O=C(NN=Cc1ccc(OC(=O)c2ccc(Cl)cc2)cc1)C(=O)Nc1ccc(F)cc1. The van der Waals surface area contributed by atoms with Gasteiger partial charge in [-0.05, 0) is 78.4 Å². The molecule has 0 heterocycles. The van der Waals surface area contributed by atoms with Crippen molar-refractivity contribution < 1.29 is 23.5 Å². The van der Waals surface area contributed by atoms with Crippen LogP contribution < -0.4 is 15.5 Å². The van der Waals surface area contributed by atoms with Crippen molar-refractivity contribution in [3.05, 3.63) is 94.8 Å². The molecule has 0 spiro atoms. The van der Waals surface area contributed by atoms with E-state index < -0.39 is 23.6 Å². The number of hydrogen-bond donors (Lipinski definition) is 2. The standard InChI is InChI=1S/C22H15ClFN3O4/c23-16-5-3-15(4-6-16)22(30)31-19-11-1-14(2-12-19)13-25-27-21(29)20(28)26-18-9-7-17(24)8-10-18/h1-13H,(H,26,28)(H,27,29). The van der Waals surface area contributed by atoms with Crippen LogP contribution in [0, 0.1) is 5.82 Å². The van der Waals surface area contributed by atoms with Gasteiger partial charge in [0.15, 0.2) is 0 Å². The second-order valence-corrected chi connectivity index (χ2v) is 6.56. The predicted molar refractivity (Wildman–Crippen MR) is 114 cm³/mol. The van der Waals surface area contributed by atoms with Gasteiger partial charge in [-0.1, -0.05) is 11.6 Å². The summed E-state index contributed by atoms with van der Waals surface area (Å²) in [4.78, 5) is 35.6. The molecule has 3 rings (SSSR count). The van der Waals surface area contributed by atoms with E-state index in [1.54, 1.807) is 48.5 Å². The molecule has 3 aromatic carbocycles. The molecule has 0 unspecified atom stereocenters. The van der Waals surface area contributed by atoms with Crippen molar-refractivity contribution in [2.45, 2.75) is 0 Å². The average molecular weight is 440 g/mol. The van der Waals surface area contributed by atoms with Gasteiger partial charge < -0.3 is 10.1 Å². The van der Waals surface area contributed by atoms with Crippen molar-refractivity contribution in [3.8, 4) is 5.75 Å². The Balaban J connectivity index is 1.50. The van der Waals surface area contributed by atoms with Gasteiger partial charge in [0.25, 0.3) is 0 Å². The van der Waals surface area contributed by atoms with Gasteiger partial charge in [-0.25, -0.2) is 14.6 Å². The predicted octanol–water partition coefficient (Wildman–Crippen LogP) is 3.79. The van der Waals surface area contributed by atoms with Gasteiger partial charge in [-0.2, -0.15) is 5.10 Å². The van der Waals surface area contributed by atoms with Crippen LogP contribution in [0.1, 0.15) is 15.9 Å². The van der Waals surface area contributed by atoms with Gasteiger partial charge in [-0.3, -0.25) is 9.59 Å². The Hall–Kier alpha value is -4.04. The summed E-state index contributed by atoms with van der Waals surface area (Å²) in [6, 6.07) is 17.6. The first kappa shape index (κ1) is 21.7. The van der Waals surface area contributed by atoms with Crippen molar-refractivity contribution in [3.63, 3.8) is 0 Å². The summed E-state index contributed by atoms with van der Waals surface area (Å²) in [6.07, 6.45) is 1.31. The van der Waals surface area contributed by atoms with Crippen LogP contribution in [0.5, 0.6) is 5.75 Å². The maximum absolute atomic E-state index is 12.8. The highest BCUT2D eigenvalue weighted by atomic mass is 35.5. The second kappa shape index (κ2) is 10.1. The number of carbonyl (C=O) groups excluding carboxylic acids is 3. The zero-order valence-electron chi connectivity index (χ0n) is 15.8. The lowest BCUT2D eigenvalue weighted by molar-refractivity contribution is -0.136. The number of hydrazone groups is 1. The lowest BCUT2D eigenvalue weighted by Crippen LogP contribution is -2.32. The fraction of sp³-hybridized carbons (Fsp3) is 0. The Kier molecular flexibility index (Phi) is 7.08. The number of nitrogens with one attached hydrogen (secondary N) is 2. The first-order valence-electron chi connectivity index (χ1n) is 8.88. The molecule has 2 N–H and O–H groups in total. The fourth-order valence-corrected chi connectivity index (χ4v) is 2.44. The van der Waals surface area contributed by atoms with Gasteiger partial charge in [-0.15, -0.1) is 0 Å². The molecule has 7 nitrogen and oxygen atoms in total. The highest BCUT2D eigenvalue weighted by molar-refractivity contribution is 6.39. The minimum absolute atomic E-state index is 0.272. The minimum atomic E-state index is -0.992. The van der Waals surface area contributed by atoms with Gasteiger partial charge in [0.2, 0.25) is 0 Å². The maximum Gasteiger partial charge on any atom is 0.343 e. The van der Waals surface area contributed by atoms with E-state index in [1.165, 1.54) is 18.3 Å². The summed E-state index contributed by atoms with van der Waals surface area (Å²) in [6.45, 7) is 0. The first-order chi connectivity index (χ1) is 14.9. The molecule has 0 atom stereocenters. The van der Waals surface area contributed by atoms with Crippen molar-refractivity contribution in [2.75, 3.05) is 5.32 Å². The summed E-state index contributed by atoms with van der Waals surface area (Å²) in [5.41, 5.74) is 3.30. The fourth-order valence-electron chi connectivity index (χ4n) is 2.31. The monoisotopic (exact) mass is 439 g/mol. The summed E-state index contributed by atoms with van der Waals surface area (Å²) >= 11 is 5.79. The van der Waals surface area contributed by atoms with Crippen LogP contribution in [0.4, 0.5) is 10.1 Å². The first-order valence-corrected chi connectivity index (χ1v) is 9.26. The molecule has 9 heteroatoms. The highest BCUT2D eigenvalue weighted by Crippen LogP contribution is 2.15. The van der Waals surface area contributed by atoms with Gasteiger partial charge in [0, 0.05) is 10.7 Å². The van der Waals surface area contributed by atoms with E-state index in [0.717, 1.165) is 12.1 Å². The maximum atomic E-state index is 12.8. The molecule has 0 saturated carbocycles. The van der Waals surface area contributed by atoms with E-state index in [4.69, 9.17) is 16.3 Å². The molecule has 0 bridgehead atoms. The molecule has 0 aliphatic rings. The molecule has 3 aromatic rings. The van der Waals surface area contributed by atoms with E-state index in [9.17, 15) is 18.8 Å². The third-order valence-electron chi connectivity index (χ3n) is 3.86. The molecule has 0 saturated heterocycles. The van der Waals surface area contributed by atoms with Gasteiger partial charge >= 0.3 is 17.8 Å². The molecule has 156 valence electrons. The Bertz CT molecular complexity index is 1120. The van der Waals surface area contributed by atoms with Crippen LogP contribution in [-0.4, -0.2) is 24.0 Å². The number of esters is 1. The van der Waals surface area contributed by atoms with Crippen LogP contribution >= 0.6 is 11.6 Å². The number of anilines is 1. The van der Waals surface area contributed by atoms with Gasteiger partial charge in [0.1, 0.15) is 11.6 Å². The molecule has 0 fully saturated rings. The molecule has 0 aliphatic heterocycles. The topological polar surface area (TPSA) is 96.9 Å². The second-order valence-electron chi connectivity index (χ2n) is 6.13. The van der Waals surface area contributed by atoms with E-state index >= 15 is 0 Å². The Morgan fingerprint density at radius 1 is 0.871 bits per heavy atom. The zero-order valence-corrected chi connectivity index (χ0v) is 16.6. The van der Waals surface area contributed by atoms with E-state index in [0.29, 0.717) is 21.9 Å². The number of rotatable bonds is 5. The minimum Gasteiger partial charge on any atom is -0.423 e. The molecular formula is C22H15ClFN3O4. The number of carbonyl (C=O) groups is 3. The number of hydrogen-bond acceptors (Lipinski definition) is 5. The number of nitrogens with zero attached hydrogens (tertiary/aromatic N) is 1. The molecule has 0 aromatic heterocycles. The van der Waals surface area contributed by atoms with Crippen LogP contribution in [0.2, 0.25) is 5.02 Å². The zero-order chi connectivity index (χ0) is 22.2. The Morgan fingerprint density at radius 2 is 1.52 bits per heavy atom. The molecule has 0 aliphatic carbocycles. The molecule has 2 amide bonds. The average Bonchev–Trinajstić information content (AvgIpc) is 2.77. The van der Waals surface area contributed by atoms with E-state index in [1.807, 2.05) is 0 Å². The van der Waals surface area contributed by atoms with Gasteiger partial charge in [0.05, 0.1) is 11.8 Å². The summed E-state index contributed by atoms with van der Waals surface area (Å²) in [5.74, 6) is -2.61. The van der Waals surface area contributed by atoms with Crippen LogP contribution in [0.3, 0.4) is 0 Å². The van der Waals surface area contributed by atoms with E-state index in [-0.39, 0.29) is 5.69 Å². The quantitative estimate of drug-likeness (QED) is 0.208. The summed E-state index contributed by atoms with van der Waals surface area (Å²) in [7, 11) is 0. The molecule has 31 heavy (non-hydrogen) atoms. The number of ether oxygens (including phenoxy) is 1. The summed E-state index contributed by atoms with van der Waals surface area (Å²) < 4.78 is 18.1. The molecular weight excluding hydrogens is 425 g/mol. The smallest absolute Gasteiger partial charge is 0.343 e. The lowest BCUT2D eigenvalue weighted by atomic mass is 10.2. The Morgan fingerprint density at radius 3 is 2.16 bits per heavy atom. The third kappa shape index (κ3) is 6.48. The third-order valence-corrected chi connectivity index (χ3v) is 4.11. The Labute approximate surface area is 181 Å². The van der Waals surface area contributed by atoms with Crippen LogP contribution in [0.15, 0.2) is 77.9 Å². The normalized spacial score (nSPS) is 10.5. The molecule has 0 radical (unpaired) electrons. The number of amides is 2. The van der Waals surface area contributed by atoms with Crippen LogP contribution in [-0.2, 0) is 9.59 Å².